The van der Waals surface area contributed by atoms with Crippen LogP contribution in [0.3, 0.4) is 0 Å². The van der Waals surface area contributed by atoms with E-state index in [0.29, 0.717) is 19.6 Å². The first-order valence-corrected chi connectivity index (χ1v) is 5.96. The number of carbonyl (C=O) groups excluding carboxylic acids is 1. The summed E-state index contributed by atoms with van der Waals surface area (Å²) in [4.78, 5) is 16.0. The Balaban J connectivity index is 2.44. The Labute approximate surface area is 106 Å². The maximum Gasteiger partial charge on any atom is 0.233 e. The lowest BCUT2D eigenvalue weighted by Crippen LogP contribution is -2.42. The third-order valence-corrected chi connectivity index (χ3v) is 3.16. The zero-order chi connectivity index (χ0) is 13.2. The molecular formula is C13H17N3O2. The van der Waals surface area contributed by atoms with E-state index >= 15 is 0 Å². The van der Waals surface area contributed by atoms with Gasteiger partial charge in [0.2, 0.25) is 5.91 Å². The lowest BCUT2D eigenvalue weighted by molar-refractivity contribution is -0.121. The van der Waals surface area contributed by atoms with Crippen LogP contribution in [0.15, 0.2) is 23.2 Å². The maximum absolute atomic E-state index is 11.7. The predicted molar refractivity (Wildman–Crippen MR) is 70.3 cm³/mol. The molecule has 0 bridgehead atoms. The van der Waals surface area contributed by atoms with Gasteiger partial charge in [0.05, 0.1) is 12.3 Å². The molecule has 5 heteroatoms. The molecule has 1 atom stereocenters. The molecule has 1 aromatic carbocycles. The Morgan fingerprint density at radius 2 is 2.28 bits per heavy atom. The summed E-state index contributed by atoms with van der Waals surface area (Å²) < 4.78 is 5.40. The molecule has 0 saturated carbocycles. The van der Waals surface area contributed by atoms with Crippen LogP contribution in [0.2, 0.25) is 0 Å². The van der Waals surface area contributed by atoms with Crippen molar-refractivity contribution < 1.29 is 9.53 Å². The standard InChI is InChI=1S/C13H17N3O2/c1-2-18-9-3-4-10-11(7-9)16-8-13(10,5-6-14)12(15)17/h3-4,7-8H,2,5-6,14H2,1H3,(H2,15,17). The van der Waals surface area contributed by atoms with Crippen LogP contribution in [0, 0.1) is 0 Å². The van der Waals surface area contributed by atoms with Crippen LogP contribution >= 0.6 is 0 Å². The third-order valence-electron chi connectivity index (χ3n) is 3.16. The van der Waals surface area contributed by atoms with E-state index in [0.717, 1.165) is 17.0 Å². The molecule has 0 aromatic heterocycles. The van der Waals surface area contributed by atoms with Crippen LogP contribution in [0.4, 0.5) is 5.69 Å². The second kappa shape index (κ2) is 4.78. The normalized spacial score (nSPS) is 20.8. The summed E-state index contributed by atoms with van der Waals surface area (Å²) in [5.41, 5.74) is 11.8. The van der Waals surface area contributed by atoms with Gasteiger partial charge in [0, 0.05) is 12.3 Å². The molecule has 0 aliphatic carbocycles. The molecule has 0 saturated heterocycles. The Hall–Kier alpha value is -1.88. The van der Waals surface area contributed by atoms with Crippen molar-refractivity contribution in [3.8, 4) is 5.75 Å². The molecule has 1 unspecified atom stereocenters. The number of aliphatic imine (C=N–C) groups is 1. The quantitative estimate of drug-likeness (QED) is 0.809. The van der Waals surface area contributed by atoms with Gasteiger partial charge >= 0.3 is 0 Å². The minimum absolute atomic E-state index is 0.377. The Bertz CT molecular complexity index is 499. The van der Waals surface area contributed by atoms with Crippen molar-refractivity contribution in [1.29, 1.82) is 0 Å². The summed E-state index contributed by atoms with van der Waals surface area (Å²) in [6.45, 7) is 2.88. The van der Waals surface area contributed by atoms with Gasteiger partial charge in [0.1, 0.15) is 11.2 Å². The molecule has 1 aromatic rings. The molecule has 1 aliphatic heterocycles. The number of amides is 1. The minimum atomic E-state index is -0.866. The van der Waals surface area contributed by atoms with Crippen molar-refractivity contribution in [2.24, 2.45) is 16.5 Å². The highest BCUT2D eigenvalue weighted by atomic mass is 16.5. The van der Waals surface area contributed by atoms with Crippen molar-refractivity contribution >= 4 is 17.8 Å². The summed E-state index contributed by atoms with van der Waals surface area (Å²) >= 11 is 0. The SMILES string of the molecule is CCOc1ccc2c(c1)N=CC2(CCN)C(N)=O. The van der Waals surface area contributed by atoms with Crippen LogP contribution < -0.4 is 16.2 Å². The van der Waals surface area contributed by atoms with E-state index in [4.69, 9.17) is 16.2 Å². The number of hydrogen-bond acceptors (Lipinski definition) is 4. The number of benzene rings is 1. The number of primary amides is 1. The lowest BCUT2D eigenvalue weighted by atomic mass is 9.79. The molecule has 1 amide bonds. The van der Waals surface area contributed by atoms with Gasteiger partial charge in [0.25, 0.3) is 0 Å². The predicted octanol–water partition coefficient (Wildman–Crippen LogP) is 0.873. The van der Waals surface area contributed by atoms with Gasteiger partial charge in [-0.05, 0) is 31.5 Å². The van der Waals surface area contributed by atoms with E-state index in [1.54, 1.807) is 6.21 Å². The Morgan fingerprint density at radius 3 is 2.89 bits per heavy atom. The fourth-order valence-corrected chi connectivity index (χ4v) is 2.25. The average molecular weight is 247 g/mol. The number of hydrogen-bond donors (Lipinski definition) is 2. The molecule has 2 rings (SSSR count). The minimum Gasteiger partial charge on any atom is -0.494 e. The van der Waals surface area contributed by atoms with E-state index in [2.05, 4.69) is 4.99 Å². The smallest absolute Gasteiger partial charge is 0.233 e. The highest BCUT2D eigenvalue weighted by Crippen LogP contribution is 2.40. The number of rotatable bonds is 5. The van der Waals surface area contributed by atoms with Gasteiger partial charge in [0.15, 0.2) is 0 Å². The van der Waals surface area contributed by atoms with Gasteiger partial charge in [-0.3, -0.25) is 9.79 Å². The van der Waals surface area contributed by atoms with Gasteiger partial charge in [-0.2, -0.15) is 0 Å². The average Bonchev–Trinajstić information content (AvgIpc) is 2.70. The number of carbonyl (C=O) groups is 1. The second-order valence-corrected chi connectivity index (χ2v) is 4.24. The van der Waals surface area contributed by atoms with Gasteiger partial charge < -0.3 is 16.2 Å². The summed E-state index contributed by atoms with van der Waals surface area (Å²) in [6, 6.07) is 5.48. The van der Waals surface area contributed by atoms with Crippen LogP contribution in [0.1, 0.15) is 18.9 Å². The zero-order valence-electron chi connectivity index (χ0n) is 10.3. The van der Waals surface area contributed by atoms with E-state index in [1.165, 1.54) is 0 Å². The molecule has 18 heavy (non-hydrogen) atoms. The molecule has 96 valence electrons. The van der Waals surface area contributed by atoms with Gasteiger partial charge in [-0.25, -0.2) is 0 Å². The van der Waals surface area contributed by atoms with Crippen LogP contribution in [-0.2, 0) is 10.2 Å². The molecule has 0 fully saturated rings. The monoisotopic (exact) mass is 247 g/mol. The number of fused-ring (bicyclic) bond motifs is 1. The first kappa shape index (κ1) is 12.6. The molecule has 0 radical (unpaired) electrons. The van der Waals surface area contributed by atoms with Gasteiger partial charge in [-0.15, -0.1) is 0 Å². The Morgan fingerprint density at radius 1 is 1.50 bits per heavy atom. The van der Waals surface area contributed by atoms with Crippen molar-refractivity contribution in [1.82, 2.24) is 0 Å². The molecule has 0 spiro atoms. The van der Waals surface area contributed by atoms with Crippen molar-refractivity contribution in [3.05, 3.63) is 23.8 Å². The van der Waals surface area contributed by atoms with Crippen molar-refractivity contribution in [2.75, 3.05) is 13.2 Å². The first-order valence-electron chi connectivity index (χ1n) is 5.96. The van der Waals surface area contributed by atoms with E-state index in [1.807, 2.05) is 25.1 Å². The lowest BCUT2D eigenvalue weighted by Gasteiger charge is -2.23. The largest absolute Gasteiger partial charge is 0.494 e. The van der Waals surface area contributed by atoms with Crippen molar-refractivity contribution in [3.63, 3.8) is 0 Å². The maximum atomic E-state index is 11.7. The fourth-order valence-electron chi connectivity index (χ4n) is 2.25. The third kappa shape index (κ3) is 1.86. The summed E-state index contributed by atoms with van der Waals surface area (Å²) in [6.07, 6.45) is 2.06. The number of nitrogens with two attached hydrogens (primary N) is 2. The molecule has 5 nitrogen and oxygen atoms in total. The highest BCUT2D eigenvalue weighted by Gasteiger charge is 2.41. The zero-order valence-corrected chi connectivity index (χ0v) is 10.3. The molecule has 1 aliphatic rings. The second-order valence-electron chi connectivity index (χ2n) is 4.24. The summed E-state index contributed by atoms with van der Waals surface area (Å²) in [5.74, 6) is 0.320. The molecular weight excluding hydrogens is 230 g/mol. The number of ether oxygens (including phenoxy) is 1. The van der Waals surface area contributed by atoms with Crippen LogP contribution in [-0.4, -0.2) is 25.3 Å². The molecule has 4 N–H and O–H groups in total. The number of nitrogens with zero attached hydrogens (tertiary/aromatic N) is 1. The van der Waals surface area contributed by atoms with E-state index in [9.17, 15) is 4.79 Å². The van der Waals surface area contributed by atoms with Crippen LogP contribution in [0.5, 0.6) is 5.75 Å². The van der Waals surface area contributed by atoms with E-state index in [-0.39, 0.29) is 0 Å². The fraction of sp³-hybridized carbons (Fsp3) is 0.385. The van der Waals surface area contributed by atoms with Crippen molar-refractivity contribution in [2.45, 2.75) is 18.8 Å². The van der Waals surface area contributed by atoms with E-state index < -0.39 is 11.3 Å². The van der Waals surface area contributed by atoms with Gasteiger partial charge in [-0.1, -0.05) is 6.07 Å². The highest BCUT2D eigenvalue weighted by molar-refractivity contribution is 6.08. The first-order chi connectivity index (χ1) is 8.64. The summed E-state index contributed by atoms with van der Waals surface area (Å²) in [5, 5.41) is 0. The molecule has 1 heterocycles. The summed E-state index contributed by atoms with van der Waals surface area (Å²) in [7, 11) is 0. The topological polar surface area (TPSA) is 90.7 Å². The Kier molecular flexibility index (Phi) is 3.34. The van der Waals surface area contributed by atoms with Crippen LogP contribution in [0.25, 0.3) is 0 Å².